The number of amides is 1. The summed E-state index contributed by atoms with van der Waals surface area (Å²) in [6.07, 6.45) is 0.590. The zero-order valence-electron chi connectivity index (χ0n) is 14.4. The molecule has 2 aliphatic rings. The van der Waals surface area contributed by atoms with Crippen molar-refractivity contribution < 1.29 is 18.4 Å². The Morgan fingerprint density at radius 2 is 2.04 bits per heavy atom. The maximum Gasteiger partial charge on any atom is 0.238 e. The number of hydrogen-bond donors (Lipinski definition) is 1. The van der Waals surface area contributed by atoms with Crippen LogP contribution in [0.1, 0.15) is 16.8 Å². The van der Waals surface area contributed by atoms with E-state index in [2.05, 4.69) is 10.3 Å². The third kappa shape index (κ3) is 3.50. The van der Waals surface area contributed by atoms with E-state index in [0.717, 1.165) is 23.9 Å². The molecule has 1 amide bonds. The molecule has 2 aromatic carbocycles. The van der Waals surface area contributed by atoms with Crippen molar-refractivity contribution in [2.75, 3.05) is 25.0 Å². The lowest BCUT2D eigenvalue weighted by atomic mass is 9.85. The van der Waals surface area contributed by atoms with E-state index in [1.54, 1.807) is 12.1 Å². The van der Waals surface area contributed by atoms with Crippen molar-refractivity contribution in [3.05, 3.63) is 59.7 Å². The Morgan fingerprint density at radius 1 is 1.22 bits per heavy atom. The van der Waals surface area contributed by atoms with Gasteiger partial charge in [0.1, 0.15) is 11.6 Å². The molecule has 0 spiro atoms. The smallest absolute Gasteiger partial charge is 0.238 e. The summed E-state index contributed by atoms with van der Waals surface area (Å²) in [6.45, 7) is 0.948. The summed E-state index contributed by atoms with van der Waals surface area (Å²) in [5, 5.41) is 2.39. The summed E-state index contributed by atoms with van der Waals surface area (Å²) in [7, 11) is 0. The third-order valence-corrected chi connectivity index (χ3v) is 4.85. The first-order valence-electron chi connectivity index (χ1n) is 8.69. The monoisotopic (exact) mass is 369 g/mol. The standard InChI is InChI=1S/C20H17F2N3O2/c21-12-5-6-15(22)18(9-12)24-19(26)11-25-8-7-17-14(10-25)20(27)13-3-1-2-4-16(13)23-17/h1-6,9,14H,7-8,10-11H2,(H,24,26). The van der Waals surface area contributed by atoms with Crippen molar-refractivity contribution in [2.45, 2.75) is 6.42 Å². The van der Waals surface area contributed by atoms with Crippen LogP contribution in [0.15, 0.2) is 47.5 Å². The molecule has 0 bridgehead atoms. The van der Waals surface area contributed by atoms with Gasteiger partial charge in [0.2, 0.25) is 5.91 Å². The number of carbonyl (C=O) groups is 2. The van der Waals surface area contributed by atoms with Gasteiger partial charge in [-0.3, -0.25) is 19.5 Å². The van der Waals surface area contributed by atoms with Gasteiger partial charge in [0, 0.05) is 30.4 Å². The lowest BCUT2D eigenvalue weighted by Gasteiger charge is -2.34. The number of piperidine rings is 1. The number of carbonyl (C=O) groups excluding carboxylic acids is 2. The van der Waals surface area contributed by atoms with Crippen LogP contribution in [0, 0.1) is 17.6 Å². The van der Waals surface area contributed by atoms with E-state index in [0.29, 0.717) is 30.8 Å². The molecular formula is C20H17F2N3O2. The van der Waals surface area contributed by atoms with Gasteiger partial charge in [0.25, 0.3) is 0 Å². The normalized spacial score (nSPS) is 19.1. The molecule has 2 heterocycles. The molecule has 0 aliphatic carbocycles. The number of rotatable bonds is 3. The number of fused-ring (bicyclic) bond motifs is 2. The number of benzene rings is 2. The maximum absolute atomic E-state index is 13.7. The fraction of sp³-hybridized carbons (Fsp3) is 0.250. The zero-order valence-corrected chi connectivity index (χ0v) is 14.4. The molecule has 2 aromatic rings. The highest BCUT2D eigenvalue weighted by atomic mass is 19.1. The van der Waals surface area contributed by atoms with E-state index in [1.165, 1.54) is 0 Å². The lowest BCUT2D eigenvalue weighted by Crippen LogP contribution is -2.47. The van der Waals surface area contributed by atoms with E-state index in [1.807, 2.05) is 17.0 Å². The lowest BCUT2D eigenvalue weighted by molar-refractivity contribution is -0.117. The van der Waals surface area contributed by atoms with Crippen molar-refractivity contribution in [1.29, 1.82) is 0 Å². The van der Waals surface area contributed by atoms with Gasteiger partial charge in [-0.25, -0.2) is 8.78 Å². The minimum atomic E-state index is -0.697. The summed E-state index contributed by atoms with van der Waals surface area (Å²) in [5.41, 5.74) is 1.94. The third-order valence-electron chi connectivity index (χ3n) is 4.85. The van der Waals surface area contributed by atoms with Crippen molar-refractivity contribution in [3.63, 3.8) is 0 Å². The Bertz CT molecular complexity index is 958. The Hall–Kier alpha value is -2.93. The van der Waals surface area contributed by atoms with E-state index < -0.39 is 17.5 Å². The van der Waals surface area contributed by atoms with Gasteiger partial charge in [0.05, 0.1) is 23.8 Å². The highest BCUT2D eigenvalue weighted by Gasteiger charge is 2.36. The van der Waals surface area contributed by atoms with Gasteiger partial charge in [-0.2, -0.15) is 0 Å². The van der Waals surface area contributed by atoms with Crippen LogP contribution in [-0.4, -0.2) is 41.9 Å². The molecule has 1 N–H and O–H groups in total. The minimum absolute atomic E-state index is 0.00530. The number of anilines is 1. The van der Waals surface area contributed by atoms with Crippen LogP contribution in [-0.2, 0) is 4.79 Å². The number of para-hydroxylation sites is 1. The van der Waals surface area contributed by atoms with Crippen molar-refractivity contribution in [1.82, 2.24) is 4.90 Å². The van der Waals surface area contributed by atoms with E-state index in [-0.39, 0.29) is 23.9 Å². The van der Waals surface area contributed by atoms with Gasteiger partial charge in [0.15, 0.2) is 5.78 Å². The van der Waals surface area contributed by atoms with Gasteiger partial charge >= 0.3 is 0 Å². The van der Waals surface area contributed by atoms with Gasteiger partial charge < -0.3 is 5.32 Å². The number of aliphatic imine (C=N–C) groups is 1. The first kappa shape index (κ1) is 17.5. The summed E-state index contributed by atoms with van der Waals surface area (Å²) < 4.78 is 26.9. The van der Waals surface area contributed by atoms with E-state index in [9.17, 15) is 18.4 Å². The predicted octanol–water partition coefficient (Wildman–Crippen LogP) is 3.19. The van der Waals surface area contributed by atoms with Crippen LogP contribution in [0.3, 0.4) is 0 Å². The quantitative estimate of drug-likeness (QED) is 0.904. The molecule has 4 rings (SSSR count). The first-order chi connectivity index (χ1) is 13.0. The summed E-state index contributed by atoms with van der Waals surface area (Å²) in [4.78, 5) is 31.4. The number of likely N-dealkylation sites (tertiary alicyclic amines) is 1. The van der Waals surface area contributed by atoms with E-state index in [4.69, 9.17) is 0 Å². The van der Waals surface area contributed by atoms with Crippen LogP contribution in [0.5, 0.6) is 0 Å². The maximum atomic E-state index is 13.7. The molecule has 1 unspecified atom stereocenters. The highest BCUT2D eigenvalue weighted by molar-refractivity contribution is 6.18. The van der Waals surface area contributed by atoms with Gasteiger partial charge in [-0.1, -0.05) is 12.1 Å². The Labute approximate surface area is 154 Å². The second kappa shape index (κ2) is 7.00. The molecule has 1 atom stereocenters. The minimum Gasteiger partial charge on any atom is -0.322 e. The SMILES string of the molecule is O=C(CN1CCC2=Nc3ccccc3C(=O)C2C1)Nc1cc(F)ccc1F. The number of halogens is 2. The fourth-order valence-corrected chi connectivity index (χ4v) is 3.52. The molecule has 27 heavy (non-hydrogen) atoms. The van der Waals surface area contributed by atoms with Crippen LogP contribution in [0.25, 0.3) is 0 Å². The van der Waals surface area contributed by atoms with Crippen LogP contribution in [0.4, 0.5) is 20.2 Å². The van der Waals surface area contributed by atoms with Crippen molar-refractivity contribution in [3.8, 4) is 0 Å². The molecule has 0 saturated carbocycles. The van der Waals surface area contributed by atoms with Gasteiger partial charge in [-0.05, 0) is 30.7 Å². The molecule has 0 aromatic heterocycles. The Kier molecular flexibility index (Phi) is 4.53. The number of nitrogens with one attached hydrogen (secondary N) is 1. The largest absolute Gasteiger partial charge is 0.322 e. The summed E-state index contributed by atoms with van der Waals surface area (Å²) in [6, 6.07) is 10.1. The molecule has 0 radical (unpaired) electrons. The molecule has 2 aliphatic heterocycles. The topological polar surface area (TPSA) is 61.8 Å². The average Bonchev–Trinajstić information content (AvgIpc) is 2.65. The van der Waals surface area contributed by atoms with Gasteiger partial charge in [-0.15, -0.1) is 0 Å². The zero-order chi connectivity index (χ0) is 19.0. The molecule has 7 heteroatoms. The van der Waals surface area contributed by atoms with Crippen LogP contribution in [0.2, 0.25) is 0 Å². The predicted molar refractivity (Wildman–Crippen MR) is 97.4 cm³/mol. The molecule has 5 nitrogen and oxygen atoms in total. The molecule has 1 saturated heterocycles. The molecular weight excluding hydrogens is 352 g/mol. The Morgan fingerprint density at radius 3 is 2.89 bits per heavy atom. The second-order valence-electron chi connectivity index (χ2n) is 6.69. The Balaban J connectivity index is 1.44. The summed E-state index contributed by atoms with van der Waals surface area (Å²) in [5.74, 6) is -2.14. The fourth-order valence-electron chi connectivity index (χ4n) is 3.52. The number of Topliss-reactive ketones (excluding diaryl/α,β-unsaturated/α-hetero) is 1. The highest BCUT2D eigenvalue weighted by Crippen LogP contribution is 2.31. The van der Waals surface area contributed by atoms with Crippen LogP contribution < -0.4 is 5.32 Å². The van der Waals surface area contributed by atoms with Crippen molar-refractivity contribution >= 4 is 28.8 Å². The van der Waals surface area contributed by atoms with E-state index >= 15 is 0 Å². The second-order valence-corrected chi connectivity index (χ2v) is 6.69. The molecule has 138 valence electrons. The first-order valence-corrected chi connectivity index (χ1v) is 8.69. The molecule has 1 fully saturated rings. The van der Waals surface area contributed by atoms with Crippen molar-refractivity contribution in [2.24, 2.45) is 10.9 Å². The number of nitrogens with zero attached hydrogens (tertiary/aromatic N) is 2. The number of ketones is 1. The van der Waals surface area contributed by atoms with Crippen LogP contribution >= 0.6 is 0 Å². The number of hydrogen-bond acceptors (Lipinski definition) is 4. The summed E-state index contributed by atoms with van der Waals surface area (Å²) >= 11 is 0. The average molecular weight is 369 g/mol.